The van der Waals surface area contributed by atoms with Crippen LogP contribution in [0.2, 0.25) is 0 Å². The van der Waals surface area contributed by atoms with Gasteiger partial charge in [0.25, 0.3) is 0 Å². The van der Waals surface area contributed by atoms with Crippen molar-refractivity contribution in [2.75, 3.05) is 0 Å². The van der Waals surface area contributed by atoms with E-state index in [9.17, 15) is 18.4 Å². The number of amides is 1. The molecular weight excluding hydrogens is 280 g/mol. The number of rotatable bonds is 5. The molecule has 2 N–H and O–H groups in total. The summed E-state index contributed by atoms with van der Waals surface area (Å²) in [6.07, 6.45) is 5.85. The molecule has 0 heterocycles. The first-order valence-corrected chi connectivity index (χ1v) is 6.61. The van der Waals surface area contributed by atoms with Crippen LogP contribution < -0.4 is 5.32 Å². The molecule has 0 saturated heterocycles. The molecule has 112 valence electrons. The van der Waals surface area contributed by atoms with Gasteiger partial charge in [0, 0.05) is 6.42 Å². The van der Waals surface area contributed by atoms with Gasteiger partial charge in [0.05, 0.1) is 0 Å². The summed E-state index contributed by atoms with van der Waals surface area (Å²) in [7, 11) is 0. The lowest BCUT2D eigenvalue weighted by molar-refractivity contribution is -0.142. The van der Waals surface area contributed by atoms with Gasteiger partial charge < -0.3 is 10.4 Å². The Morgan fingerprint density at radius 1 is 1.33 bits per heavy atom. The van der Waals surface area contributed by atoms with Gasteiger partial charge in [0.1, 0.15) is 0 Å². The zero-order valence-electron chi connectivity index (χ0n) is 11.2. The van der Waals surface area contributed by atoms with Crippen molar-refractivity contribution in [1.82, 2.24) is 5.32 Å². The summed E-state index contributed by atoms with van der Waals surface area (Å²) < 4.78 is 26.1. The fraction of sp³-hybridized carbons (Fsp3) is 0.333. The Kier molecular flexibility index (Phi) is 4.67. The largest absolute Gasteiger partial charge is 0.479 e. The van der Waals surface area contributed by atoms with E-state index < -0.39 is 29.6 Å². The first kappa shape index (κ1) is 15.2. The van der Waals surface area contributed by atoms with Crippen LogP contribution in [0.15, 0.2) is 30.4 Å². The predicted octanol–water partition coefficient (Wildman–Crippen LogP) is 2.56. The normalized spacial score (nSPS) is 18.5. The molecule has 0 aliphatic heterocycles. The van der Waals surface area contributed by atoms with Crippen LogP contribution >= 0.6 is 0 Å². The summed E-state index contributed by atoms with van der Waals surface area (Å²) in [4.78, 5) is 23.1. The molecule has 0 fully saturated rings. The average Bonchev–Trinajstić information content (AvgIpc) is 2.92. The average molecular weight is 295 g/mol. The molecule has 2 rings (SSSR count). The molecule has 0 unspecified atom stereocenters. The van der Waals surface area contributed by atoms with E-state index in [0.717, 1.165) is 31.0 Å². The zero-order chi connectivity index (χ0) is 15.4. The fourth-order valence-electron chi connectivity index (χ4n) is 2.30. The molecule has 1 aliphatic rings. The molecule has 21 heavy (non-hydrogen) atoms. The minimum absolute atomic E-state index is 0.00304. The van der Waals surface area contributed by atoms with E-state index in [1.165, 1.54) is 0 Å². The van der Waals surface area contributed by atoms with Gasteiger partial charge in [-0.15, -0.1) is 0 Å². The van der Waals surface area contributed by atoms with E-state index in [1.54, 1.807) is 0 Å². The highest BCUT2D eigenvalue weighted by Crippen LogP contribution is 2.22. The Bertz CT molecular complexity index is 586. The zero-order valence-corrected chi connectivity index (χ0v) is 11.2. The molecule has 1 aliphatic carbocycles. The first-order chi connectivity index (χ1) is 9.97. The second-order valence-electron chi connectivity index (χ2n) is 4.98. The topological polar surface area (TPSA) is 66.4 Å². The molecule has 6 heteroatoms. The smallest absolute Gasteiger partial charge is 0.330 e. The first-order valence-electron chi connectivity index (χ1n) is 6.61. The third-order valence-corrected chi connectivity index (χ3v) is 3.39. The predicted molar refractivity (Wildman–Crippen MR) is 71.4 cm³/mol. The van der Waals surface area contributed by atoms with Gasteiger partial charge in [-0.3, -0.25) is 4.79 Å². The number of benzene rings is 1. The van der Waals surface area contributed by atoms with E-state index in [4.69, 9.17) is 5.11 Å². The minimum Gasteiger partial charge on any atom is -0.479 e. The van der Waals surface area contributed by atoms with Crippen LogP contribution in [0, 0.1) is 17.6 Å². The summed E-state index contributed by atoms with van der Waals surface area (Å²) in [5.74, 6) is -3.86. The lowest BCUT2D eigenvalue weighted by atomic mass is 10.0. The Labute approximate surface area is 120 Å². The van der Waals surface area contributed by atoms with Gasteiger partial charge >= 0.3 is 5.97 Å². The molecule has 0 radical (unpaired) electrons. The van der Waals surface area contributed by atoms with Crippen LogP contribution in [-0.4, -0.2) is 17.0 Å². The van der Waals surface area contributed by atoms with Crippen molar-refractivity contribution in [2.45, 2.75) is 25.3 Å². The summed E-state index contributed by atoms with van der Waals surface area (Å²) in [6.45, 7) is 0. The number of halogens is 2. The van der Waals surface area contributed by atoms with Crippen molar-refractivity contribution in [2.24, 2.45) is 5.92 Å². The summed E-state index contributed by atoms with van der Waals surface area (Å²) in [5.41, 5.74) is -0.00304. The number of nitrogens with one attached hydrogen (secondary N) is 1. The van der Waals surface area contributed by atoms with Crippen molar-refractivity contribution in [3.8, 4) is 0 Å². The molecule has 0 spiro atoms. The molecule has 0 saturated carbocycles. The Balaban J connectivity index is 2.07. The Morgan fingerprint density at radius 2 is 2.10 bits per heavy atom. The van der Waals surface area contributed by atoms with Crippen molar-refractivity contribution in [1.29, 1.82) is 0 Å². The van der Waals surface area contributed by atoms with Gasteiger partial charge in [-0.1, -0.05) is 18.2 Å². The van der Waals surface area contributed by atoms with Gasteiger partial charge in [-0.2, -0.15) is 0 Å². The number of hydrogen-bond acceptors (Lipinski definition) is 2. The number of allylic oxidation sites excluding steroid dienone is 2. The van der Waals surface area contributed by atoms with Gasteiger partial charge in [0.15, 0.2) is 17.7 Å². The maximum absolute atomic E-state index is 13.2. The maximum Gasteiger partial charge on any atom is 0.330 e. The van der Waals surface area contributed by atoms with E-state index in [1.807, 2.05) is 12.2 Å². The number of carboxylic acid groups (broad SMARTS) is 1. The summed E-state index contributed by atoms with van der Waals surface area (Å²) >= 11 is 0. The summed E-state index contributed by atoms with van der Waals surface area (Å²) in [6, 6.07) is 1.38. The molecule has 2 atom stereocenters. The molecule has 0 bridgehead atoms. The monoisotopic (exact) mass is 295 g/mol. The highest BCUT2D eigenvalue weighted by Gasteiger charge is 2.24. The lowest BCUT2D eigenvalue weighted by Gasteiger charge is -2.16. The second kappa shape index (κ2) is 6.47. The van der Waals surface area contributed by atoms with E-state index >= 15 is 0 Å². The molecule has 4 nitrogen and oxygen atoms in total. The molecule has 0 aromatic heterocycles. The van der Waals surface area contributed by atoms with Gasteiger partial charge in [-0.25, -0.2) is 13.6 Å². The SMILES string of the molecule is O=C(C[C@H]1C=CCC1)N[C@H](C(=O)O)c1ccc(F)c(F)c1. The van der Waals surface area contributed by atoms with Gasteiger partial charge in [0.2, 0.25) is 5.91 Å². The third kappa shape index (κ3) is 3.87. The third-order valence-electron chi connectivity index (χ3n) is 3.39. The summed E-state index contributed by atoms with van der Waals surface area (Å²) in [5, 5.41) is 11.5. The lowest BCUT2D eigenvalue weighted by Crippen LogP contribution is -2.34. The van der Waals surface area contributed by atoms with Crippen molar-refractivity contribution in [3.63, 3.8) is 0 Å². The standard InChI is InChI=1S/C15H15F2NO3/c16-11-6-5-10(8-12(11)17)14(15(20)21)18-13(19)7-9-3-1-2-4-9/h1,3,5-6,8-9,14H,2,4,7H2,(H,18,19)(H,20,21)/t9-,14-/m0/s1. The van der Waals surface area contributed by atoms with Crippen molar-refractivity contribution in [3.05, 3.63) is 47.5 Å². The van der Waals surface area contributed by atoms with Crippen molar-refractivity contribution < 1.29 is 23.5 Å². The van der Waals surface area contributed by atoms with E-state index in [-0.39, 0.29) is 17.9 Å². The highest BCUT2D eigenvalue weighted by atomic mass is 19.2. The van der Waals surface area contributed by atoms with Crippen LogP contribution in [0.1, 0.15) is 30.9 Å². The van der Waals surface area contributed by atoms with E-state index in [0.29, 0.717) is 0 Å². The molecule has 1 amide bonds. The quantitative estimate of drug-likeness (QED) is 0.820. The van der Waals surface area contributed by atoms with Crippen LogP contribution in [0.5, 0.6) is 0 Å². The molecule has 1 aromatic carbocycles. The van der Waals surface area contributed by atoms with Gasteiger partial charge in [-0.05, 0) is 36.5 Å². The Morgan fingerprint density at radius 3 is 2.67 bits per heavy atom. The van der Waals surface area contributed by atoms with Crippen LogP contribution in [0.25, 0.3) is 0 Å². The molecular formula is C15H15F2NO3. The number of carbonyl (C=O) groups is 2. The van der Waals surface area contributed by atoms with Crippen LogP contribution in [0.3, 0.4) is 0 Å². The Hall–Kier alpha value is -2.24. The number of hydrogen-bond donors (Lipinski definition) is 2. The minimum atomic E-state index is -1.39. The van der Waals surface area contributed by atoms with Crippen LogP contribution in [-0.2, 0) is 9.59 Å². The second-order valence-corrected chi connectivity index (χ2v) is 4.98. The number of aliphatic carboxylic acids is 1. The molecule has 1 aromatic rings. The maximum atomic E-state index is 13.2. The highest BCUT2D eigenvalue weighted by molar-refractivity contribution is 5.84. The van der Waals surface area contributed by atoms with E-state index in [2.05, 4.69) is 5.32 Å². The van der Waals surface area contributed by atoms with Crippen LogP contribution in [0.4, 0.5) is 8.78 Å². The van der Waals surface area contributed by atoms with Crippen molar-refractivity contribution >= 4 is 11.9 Å². The number of carboxylic acids is 1. The fourth-order valence-corrected chi connectivity index (χ4v) is 2.30. The number of carbonyl (C=O) groups excluding carboxylic acids is 1.